The average Bonchev–Trinajstić information content (AvgIpc) is 2.37. The van der Waals surface area contributed by atoms with Crippen LogP contribution in [0.1, 0.15) is 12.5 Å². The number of nitrogens with zero attached hydrogens (tertiary/aromatic N) is 2. The van der Waals surface area contributed by atoms with Crippen molar-refractivity contribution in [2.24, 2.45) is 10.4 Å². The van der Waals surface area contributed by atoms with E-state index in [0.717, 1.165) is 37.3 Å². The van der Waals surface area contributed by atoms with Gasteiger partial charge in [0.05, 0.1) is 13.2 Å². The van der Waals surface area contributed by atoms with Crippen LogP contribution < -0.4 is 5.32 Å². The smallest absolute Gasteiger partial charge is 0.193 e. The van der Waals surface area contributed by atoms with Crippen LogP contribution >= 0.6 is 35.6 Å². The van der Waals surface area contributed by atoms with Crippen molar-refractivity contribution >= 4 is 41.5 Å². The molecule has 1 saturated heterocycles. The summed E-state index contributed by atoms with van der Waals surface area (Å²) in [5, 5.41) is 4.17. The molecule has 0 amide bonds. The highest BCUT2D eigenvalue weighted by Crippen LogP contribution is 2.25. The predicted molar refractivity (Wildman–Crippen MR) is 98.6 cm³/mol. The standard InChI is InChI=1S/C15H22ClN3O.HI/c1-15(10-20-11-15)9-18-14(17-2)19(3)8-12-5-4-6-13(16)7-12;/h4-7H,8-11H2,1-3H3,(H,17,18);1H. The second-order valence-corrected chi connectivity index (χ2v) is 6.13. The summed E-state index contributed by atoms with van der Waals surface area (Å²) < 4.78 is 5.26. The SMILES string of the molecule is CN=C(NCC1(C)COC1)N(C)Cc1cccc(Cl)c1.I. The maximum Gasteiger partial charge on any atom is 0.193 e. The first-order chi connectivity index (χ1) is 9.52. The quantitative estimate of drug-likeness (QED) is 0.459. The van der Waals surface area contributed by atoms with Crippen molar-refractivity contribution in [2.75, 3.05) is 33.9 Å². The van der Waals surface area contributed by atoms with Crippen LogP contribution in [0.3, 0.4) is 0 Å². The Morgan fingerprint density at radius 1 is 1.48 bits per heavy atom. The van der Waals surface area contributed by atoms with Gasteiger partial charge in [0.2, 0.25) is 0 Å². The first-order valence-electron chi connectivity index (χ1n) is 6.76. The van der Waals surface area contributed by atoms with Gasteiger partial charge in [0, 0.05) is 37.6 Å². The largest absolute Gasteiger partial charge is 0.380 e. The molecular weight excluding hydrogens is 401 g/mol. The summed E-state index contributed by atoms with van der Waals surface area (Å²) in [5.74, 6) is 0.887. The van der Waals surface area contributed by atoms with Crippen molar-refractivity contribution in [3.8, 4) is 0 Å². The van der Waals surface area contributed by atoms with Gasteiger partial charge in [-0.3, -0.25) is 4.99 Å². The minimum absolute atomic E-state index is 0. The number of benzene rings is 1. The molecule has 0 aromatic heterocycles. The number of ether oxygens (including phenoxy) is 1. The third-order valence-electron chi connectivity index (χ3n) is 3.46. The molecule has 0 atom stereocenters. The molecular formula is C15H23ClIN3O. The molecule has 1 aromatic rings. The molecule has 1 N–H and O–H groups in total. The molecule has 118 valence electrons. The lowest BCUT2D eigenvalue weighted by molar-refractivity contribution is -0.0972. The van der Waals surface area contributed by atoms with Gasteiger partial charge in [-0.1, -0.05) is 30.7 Å². The lowest BCUT2D eigenvalue weighted by atomic mass is 9.89. The molecule has 1 fully saturated rings. The molecule has 0 spiro atoms. The van der Waals surface area contributed by atoms with Crippen LogP contribution in [0.25, 0.3) is 0 Å². The molecule has 0 bridgehead atoms. The van der Waals surface area contributed by atoms with Gasteiger partial charge in [0.15, 0.2) is 5.96 Å². The number of hydrogen-bond donors (Lipinski definition) is 1. The molecule has 1 aliphatic rings. The van der Waals surface area contributed by atoms with E-state index in [2.05, 4.69) is 28.2 Å². The van der Waals surface area contributed by atoms with E-state index in [1.807, 2.05) is 25.2 Å². The molecule has 4 nitrogen and oxygen atoms in total. The summed E-state index contributed by atoms with van der Waals surface area (Å²) in [6, 6.07) is 7.90. The topological polar surface area (TPSA) is 36.9 Å². The Morgan fingerprint density at radius 2 is 2.19 bits per heavy atom. The second kappa shape index (κ2) is 8.19. The Kier molecular flexibility index (Phi) is 7.23. The fourth-order valence-electron chi connectivity index (χ4n) is 2.21. The lowest BCUT2D eigenvalue weighted by Crippen LogP contribution is -2.51. The molecule has 21 heavy (non-hydrogen) atoms. The van der Waals surface area contributed by atoms with Crippen molar-refractivity contribution in [3.63, 3.8) is 0 Å². The van der Waals surface area contributed by atoms with Crippen LogP contribution in [0.4, 0.5) is 0 Å². The fourth-order valence-corrected chi connectivity index (χ4v) is 2.43. The molecule has 1 aliphatic heterocycles. The van der Waals surface area contributed by atoms with Gasteiger partial charge < -0.3 is 15.0 Å². The highest BCUT2D eigenvalue weighted by Gasteiger charge is 2.33. The number of nitrogens with one attached hydrogen (secondary N) is 1. The van der Waals surface area contributed by atoms with Gasteiger partial charge in [-0.2, -0.15) is 0 Å². The van der Waals surface area contributed by atoms with Crippen molar-refractivity contribution in [1.29, 1.82) is 0 Å². The average molecular weight is 424 g/mol. The van der Waals surface area contributed by atoms with Gasteiger partial charge in [0.1, 0.15) is 0 Å². The van der Waals surface area contributed by atoms with E-state index >= 15 is 0 Å². The van der Waals surface area contributed by atoms with Crippen molar-refractivity contribution < 1.29 is 4.74 Å². The predicted octanol–water partition coefficient (Wildman–Crippen LogP) is 3.00. The van der Waals surface area contributed by atoms with E-state index in [9.17, 15) is 0 Å². The highest BCUT2D eigenvalue weighted by atomic mass is 127. The molecule has 0 aliphatic carbocycles. The Balaban J connectivity index is 0.00000220. The number of guanidine groups is 1. The first-order valence-corrected chi connectivity index (χ1v) is 7.14. The maximum absolute atomic E-state index is 6.01. The Morgan fingerprint density at radius 3 is 2.71 bits per heavy atom. The van der Waals surface area contributed by atoms with Crippen LogP contribution in [0, 0.1) is 5.41 Å². The van der Waals surface area contributed by atoms with Crippen LogP contribution in [0.2, 0.25) is 5.02 Å². The first kappa shape index (κ1) is 18.5. The van der Waals surface area contributed by atoms with E-state index in [0.29, 0.717) is 0 Å². The Labute approximate surface area is 148 Å². The van der Waals surface area contributed by atoms with Crippen LogP contribution in [-0.2, 0) is 11.3 Å². The van der Waals surface area contributed by atoms with Crippen LogP contribution in [-0.4, -0.2) is 44.7 Å². The summed E-state index contributed by atoms with van der Waals surface area (Å²) in [6.07, 6.45) is 0. The van der Waals surface area contributed by atoms with Crippen molar-refractivity contribution in [2.45, 2.75) is 13.5 Å². The highest BCUT2D eigenvalue weighted by molar-refractivity contribution is 14.0. The van der Waals surface area contributed by atoms with Crippen LogP contribution in [0.5, 0.6) is 0 Å². The summed E-state index contributed by atoms with van der Waals surface area (Å²) in [4.78, 5) is 6.42. The molecule has 2 rings (SSSR count). The third-order valence-corrected chi connectivity index (χ3v) is 3.69. The van der Waals surface area contributed by atoms with Crippen LogP contribution in [0.15, 0.2) is 29.3 Å². The van der Waals surface area contributed by atoms with E-state index in [4.69, 9.17) is 16.3 Å². The normalized spacial score (nSPS) is 16.7. The number of hydrogen-bond acceptors (Lipinski definition) is 2. The Bertz CT molecular complexity index is 492. The van der Waals surface area contributed by atoms with Gasteiger partial charge >= 0.3 is 0 Å². The van der Waals surface area contributed by atoms with E-state index in [1.165, 1.54) is 5.56 Å². The van der Waals surface area contributed by atoms with Crippen molar-refractivity contribution in [1.82, 2.24) is 10.2 Å². The Hall–Kier alpha value is -0.530. The molecule has 0 unspecified atom stereocenters. The minimum atomic E-state index is 0. The van der Waals surface area contributed by atoms with E-state index in [-0.39, 0.29) is 29.4 Å². The zero-order valence-corrected chi connectivity index (χ0v) is 15.8. The summed E-state index contributed by atoms with van der Waals surface area (Å²) in [7, 11) is 3.83. The number of aliphatic imine (C=N–C) groups is 1. The summed E-state index contributed by atoms with van der Waals surface area (Å²) in [5.41, 5.74) is 1.40. The fraction of sp³-hybridized carbons (Fsp3) is 0.533. The van der Waals surface area contributed by atoms with Crippen molar-refractivity contribution in [3.05, 3.63) is 34.9 Å². The molecule has 0 saturated carbocycles. The summed E-state index contributed by atoms with van der Waals surface area (Å²) >= 11 is 6.01. The lowest BCUT2D eigenvalue weighted by Gasteiger charge is -2.39. The van der Waals surface area contributed by atoms with Gasteiger partial charge in [-0.15, -0.1) is 24.0 Å². The molecule has 6 heteroatoms. The third kappa shape index (κ3) is 5.30. The zero-order valence-electron chi connectivity index (χ0n) is 12.7. The van der Waals surface area contributed by atoms with E-state index < -0.39 is 0 Å². The second-order valence-electron chi connectivity index (χ2n) is 5.69. The number of halogens is 2. The monoisotopic (exact) mass is 423 g/mol. The zero-order chi connectivity index (χ0) is 14.6. The van der Waals surface area contributed by atoms with E-state index in [1.54, 1.807) is 7.05 Å². The van der Waals surface area contributed by atoms with Gasteiger partial charge in [-0.05, 0) is 17.7 Å². The van der Waals surface area contributed by atoms with Gasteiger partial charge in [-0.25, -0.2) is 0 Å². The number of rotatable bonds is 4. The molecule has 0 radical (unpaired) electrons. The molecule has 1 heterocycles. The maximum atomic E-state index is 6.01. The summed E-state index contributed by atoms with van der Waals surface area (Å²) in [6.45, 7) is 5.49. The minimum Gasteiger partial charge on any atom is -0.380 e. The van der Waals surface area contributed by atoms with Gasteiger partial charge in [0.25, 0.3) is 0 Å². The molecule has 1 aromatic carbocycles.